The second kappa shape index (κ2) is 6.83. The lowest BCUT2D eigenvalue weighted by Gasteiger charge is -2.07. The largest absolute Gasteiger partial charge is 0.497 e. The molecular formula is C17H13N3O5. The Balaban J connectivity index is 1.80. The Morgan fingerprint density at radius 3 is 2.48 bits per heavy atom. The second-order valence-electron chi connectivity index (χ2n) is 5.00. The van der Waals surface area contributed by atoms with Crippen LogP contribution in [0.3, 0.4) is 0 Å². The molecule has 0 aliphatic heterocycles. The lowest BCUT2D eigenvalue weighted by molar-refractivity contribution is 0.0844. The second-order valence-corrected chi connectivity index (χ2v) is 5.00. The van der Waals surface area contributed by atoms with Crippen molar-refractivity contribution >= 4 is 22.8 Å². The topological polar surface area (TPSA) is 111 Å². The number of benzene rings is 1. The molecule has 3 aromatic rings. The first-order chi connectivity index (χ1) is 12.1. The standard InChI is InChI=1S/C17H13N3O5/c1-24-12-2-3-14-11(8-12)9-13(17(23)25-14)16(22)20-19-15(21)10-4-6-18-7-5-10/h2-9H,1H3,(H,19,21)(H,20,22). The minimum absolute atomic E-state index is 0.240. The Morgan fingerprint density at radius 1 is 1.04 bits per heavy atom. The number of pyridine rings is 1. The van der Waals surface area contributed by atoms with Crippen LogP contribution in [-0.4, -0.2) is 23.9 Å². The number of fused-ring (bicyclic) bond motifs is 1. The van der Waals surface area contributed by atoms with Crippen LogP contribution in [0.25, 0.3) is 11.0 Å². The van der Waals surface area contributed by atoms with Crippen LogP contribution in [-0.2, 0) is 0 Å². The van der Waals surface area contributed by atoms with Gasteiger partial charge in [0.1, 0.15) is 16.9 Å². The van der Waals surface area contributed by atoms with Gasteiger partial charge in [0.25, 0.3) is 11.8 Å². The Hall–Kier alpha value is -3.68. The molecule has 0 unspecified atom stereocenters. The summed E-state index contributed by atoms with van der Waals surface area (Å²) in [6, 6.07) is 9.18. The number of nitrogens with one attached hydrogen (secondary N) is 2. The zero-order chi connectivity index (χ0) is 17.8. The number of hydrogen-bond acceptors (Lipinski definition) is 6. The average Bonchev–Trinajstić information content (AvgIpc) is 2.65. The molecule has 2 aromatic heterocycles. The Morgan fingerprint density at radius 2 is 1.76 bits per heavy atom. The number of nitrogens with zero attached hydrogens (tertiary/aromatic N) is 1. The molecule has 25 heavy (non-hydrogen) atoms. The fraction of sp³-hybridized carbons (Fsp3) is 0.0588. The first-order valence-electron chi connectivity index (χ1n) is 7.21. The molecule has 126 valence electrons. The summed E-state index contributed by atoms with van der Waals surface area (Å²) in [5.74, 6) is -0.776. The van der Waals surface area contributed by atoms with Crippen molar-refractivity contribution in [3.8, 4) is 5.75 Å². The predicted octanol–water partition coefficient (Wildman–Crippen LogP) is 1.27. The van der Waals surface area contributed by atoms with Crippen molar-refractivity contribution in [2.24, 2.45) is 0 Å². The van der Waals surface area contributed by atoms with Gasteiger partial charge in [-0.15, -0.1) is 0 Å². The van der Waals surface area contributed by atoms with E-state index in [0.29, 0.717) is 22.3 Å². The molecule has 2 heterocycles. The molecule has 2 amide bonds. The number of carbonyl (C=O) groups is 2. The Bertz CT molecular complexity index is 998. The summed E-state index contributed by atoms with van der Waals surface area (Å²) in [5.41, 5.74) is 3.99. The van der Waals surface area contributed by atoms with E-state index < -0.39 is 17.4 Å². The molecule has 8 heteroatoms. The molecule has 0 spiro atoms. The highest BCUT2D eigenvalue weighted by Gasteiger charge is 2.15. The van der Waals surface area contributed by atoms with Crippen molar-refractivity contribution in [3.63, 3.8) is 0 Å². The van der Waals surface area contributed by atoms with Crippen LogP contribution in [0.4, 0.5) is 0 Å². The van der Waals surface area contributed by atoms with Crippen molar-refractivity contribution < 1.29 is 18.7 Å². The van der Waals surface area contributed by atoms with E-state index in [2.05, 4.69) is 15.8 Å². The number of carbonyl (C=O) groups excluding carboxylic acids is 2. The SMILES string of the molecule is COc1ccc2oc(=O)c(C(=O)NNC(=O)c3ccncc3)cc2c1. The molecule has 1 aromatic carbocycles. The number of aromatic nitrogens is 1. The molecule has 0 aliphatic rings. The zero-order valence-corrected chi connectivity index (χ0v) is 13.1. The van der Waals surface area contributed by atoms with Gasteiger partial charge in [-0.3, -0.25) is 25.4 Å². The van der Waals surface area contributed by atoms with Crippen molar-refractivity contribution in [1.29, 1.82) is 0 Å². The van der Waals surface area contributed by atoms with Crippen LogP contribution < -0.4 is 21.2 Å². The van der Waals surface area contributed by atoms with Gasteiger partial charge in [-0.2, -0.15) is 0 Å². The smallest absolute Gasteiger partial charge is 0.349 e. The summed E-state index contributed by atoms with van der Waals surface area (Å²) in [6.45, 7) is 0. The zero-order valence-electron chi connectivity index (χ0n) is 13.1. The van der Waals surface area contributed by atoms with Crippen LogP contribution in [0.1, 0.15) is 20.7 Å². The van der Waals surface area contributed by atoms with Crippen LogP contribution in [0.15, 0.2) is 58.0 Å². The maximum absolute atomic E-state index is 12.2. The van der Waals surface area contributed by atoms with Gasteiger partial charge in [-0.25, -0.2) is 4.79 Å². The van der Waals surface area contributed by atoms with Crippen LogP contribution >= 0.6 is 0 Å². The molecule has 0 bridgehead atoms. The molecule has 0 atom stereocenters. The van der Waals surface area contributed by atoms with E-state index in [-0.39, 0.29) is 5.56 Å². The fourth-order valence-electron chi connectivity index (χ4n) is 2.14. The number of hydrogen-bond donors (Lipinski definition) is 2. The number of amides is 2. The van der Waals surface area contributed by atoms with Crippen LogP contribution in [0, 0.1) is 0 Å². The third-order valence-corrected chi connectivity index (χ3v) is 3.42. The van der Waals surface area contributed by atoms with Gasteiger partial charge in [0, 0.05) is 23.3 Å². The number of ether oxygens (including phenoxy) is 1. The summed E-state index contributed by atoms with van der Waals surface area (Å²) in [7, 11) is 1.50. The predicted molar refractivity (Wildman–Crippen MR) is 88.2 cm³/mol. The molecule has 0 fully saturated rings. The maximum atomic E-state index is 12.2. The number of methoxy groups -OCH3 is 1. The minimum atomic E-state index is -0.812. The number of rotatable bonds is 3. The van der Waals surface area contributed by atoms with Gasteiger partial charge in [-0.05, 0) is 36.4 Å². The Kier molecular flexibility index (Phi) is 4.42. The summed E-state index contributed by atoms with van der Waals surface area (Å²) < 4.78 is 10.2. The van der Waals surface area contributed by atoms with Gasteiger partial charge >= 0.3 is 5.63 Å². The molecule has 0 saturated carbocycles. The van der Waals surface area contributed by atoms with E-state index in [0.717, 1.165) is 0 Å². The van der Waals surface area contributed by atoms with E-state index in [1.54, 1.807) is 18.2 Å². The van der Waals surface area contributed by atoms with E-state index in [1.807, 2.05) is 0 Å². The summed E-state index contributed by atoms with van der Waals surface area (Å²) in [6.07, 6.45) is 2.89. The van der Waals surface area contributed by atoms with Crippen molar-refractivity contribution in [2.45, 2.75) is 0 Å². The highest BCUT2D eigenvalue weighted by atomic mass is 16.5. The third kappa shape index (κ3) is 3.47. The molecule has 8 nitrogen and oxygen atoms in total. The normalized spacial score (nSPS) is 10.3. The van der Waals surface area contributed by atoms with Gasteiger partial charge in [-0.1, -0.05) is 0 Å². The van der Waals surface area contributed by atoms with Gasteiger partial charge < -0.3 is 9.15 Å². The molecule has 0 aliphatic carbocycles. The first kappa shape index (κ1) is 16.2. The van der Waals surface area contributed by atoms with E-state index in [1.165, 1.54) is 37.7 Å². The van der Waals surface area contributed by atoms with Crippen molar-refractivity contribution in [1.82, 2.24) is 15.8 Å². The van der Waals surface area contributed by atoms with Crippen LogP contribution in [0.2, 0.25) is 0 Å². The summed E-state index contributed by atoms with van der Waals surface area (Å²) in [4.78, 5) is 39.8. The van der Waals surface area contributed by atoms with E-state index in [9.17, 15) is 14.4 Å². The monoisotopic (exact) mass is 339 g/mol. The number of hydrazine groups is 1. The highest BCUT2D eigenvalue weighted by molar-refractivity contribution is 6.00. The fourth-order valence-corrected chi connectivity index (χ4v) is 2.14. The highest BCUT2D eigenvalue weighted by Crippen LogP contribution is 2.20. The molecule has 0 radical (unpaired) electrons. The Labute approximate surface area is 141 Å². The van der Waals surface area contributed by atoms with E-state index >= 15 is 0 Å². The lowest BCUT2D eigenvalue weighted by atomic mass is 10.1. The quantitative estimate of drug-likeness (QED) is 0.549. The van der Waals surface area contributed by atoms with E-state index in [4.69, 9.17) is 9.15 Å². The molecular weight excluding hydrogens is 326 g/mol. The average molecular weight is 339 g/mol. The molecule has 2 N–H and O–H groups in total. The summed E-state index contributed by atoms with van der Waals surface area (Å²) in [5, 5.41) is 0.518. The minimum Gasteiger partial charge on any atom is -0.497 e. The van der Waals surface area contributed by atoms with Crippen LogP contribution in [0.5, 0.6) is 5.75 Å². The van der Waals surface area contributed by atoms with Crippen molar-refractivity contribution in [2.75, 3.05) is 7.11 Å². The van der Waals surface area contributed by atoms with Crippen molar-refractivity contribution in [3.05, 3.63) is 70.3 Å². The summed E-state index contributed by atoms with van der Waals surface area (Å²) >= 11 is 0. The first-order valence-corrected chi connectivity index (χ1v) is 7.21. The maximum Gasteiger partial charge on any atom is 0.349 e. The van der Waals surface area contributed by atoms with Gasteiger partial charge in [0.15, 0.2) is 0 Å². The van der Waals surface area contributed by atoms with Gasteiger partial charge in [0.2, 0.25) is 0 Å². The molecule has 3 rings (SSSR count). The lowest BCUT2D eigenvalue weighted by Crippen LogP contribution is -2.43. The third-order valence-electron chi connectivity index (χ3n) is 3.42. The molecule has 0 saturated heterocycles. The van der Waals surface area contributed by atoms with Gasteiger partial charge in [0.05, 0.1) is 7.11 Å².